The molecular weight excluding hydrogens is 320 g/mol. The molecule has 18 heavy (non-hydrogen) atoms. The van der Waals surface area contributed by atoms with E-state index in [1.165, 1.54) is 0 Å². The molecule has 0 aliphatic rings. The van der Waals surface area contributed by atoms with Crippen LogP contribution in [0.2, 0.25) is 0 Å². The average molecular weight is 337 g/mol. The van der Waals surface area contributed by atoms with Crippen molar-refractivity contribution >= 4 is 26.0 Å². The van der Waals surface area contributed by atoms with Crippen molar-refractivity contribution in [1.29, 1.82) is 0 Å². The van der Waals surface area contributed by atoms with Crippen molar-refractivity contribution in [3.8, 4) is 5.75 Å². The molecule has 0 atom stereocenters. The molecule has 0 spiro atoms. The summed E-state index contributed by atoms with van der Waals surface area (Å²) in [5.74, 6) is 0.791. The summed E-state index contributed by atoms with van der Waals surface area (Å²) in [7, 11) is -1.74. The van der Waals surface area contributed by atoms with E-state index in [4.69, 9.17) is 9.88 Å². The van der Waals surface area contributed by atoms with Gasteiger partial charge in [-0.15, -0.1) is 0 Å². The fraction of sp³-hybridized carbons (Fsp3) is 0.455. The summed E-state index contributed by atoms with van der Waals surface area (Å²) in [5.41, 5.74) is 1.06. The first-order valence-electron chi connectivity index (χ1n) is 5.46. The molecule has 1 aromatic rings. The average Bonchev–Trinajstić information content (AvgIpc) is 2.29. The highest BCUT2D eigenvalue weighted by atomic mass is 79.9. The number of halogens is 1. The van der Waals surface area contributed by atoms with E-state index in [1.807, 2.05) is 18.2 Å². The van der Waals surface area contributed by atoms with E-state index in [0.717, 1.165) is 15.8 Å². The van der Waals surface area contributed by atoms with E-state index in [2.05, 4.69) is 21.2 Å². The Morgan fingerprint density at radius 3 is 2.78 bits per heavy atom. The van der Waals surface area contributed by atoms with Crippen LogP contribution in [0, 0.1) is 0 Å². The molecule has 0 saturated heterocycles. The number of rotatable bonds is 7. The fourth-order valence-corrected chi connectivity index (χ4v) is 2.37. The van der Waals surface area contributed by atoms with Crippen LogP contribution in [0.1, 0.15) is 12.0 Å². The lowest BCUT2D eigenvalue weighted by atomic mass is 10.2. The van der Waals surface area contributed by atoms with E-state index in [9.17, 15) is 8.42 Å². The first-order chi connectivity index (χ1) is 8.42. The van der Waals surface area contributed by atoms with Crippen molar-refractivity contribution in [2.45, 2.75) is 13.0 Å². The Morgan fingerprint density at radius 1 is 1.44 bits per heavy atom. The Morgan fingerprint density at radius 2 is 2.17 bits per heavy atom. The van der Waals surface area contributed by atoms with Gasteiger partial charge in [-0.25, -0.2) is 13.6 Å². The zero-order chi connectivity index (χ0) is 13.6. The second-order valence-corrected chi connectivity index (χ2v) is 6.44. The van der Waals surface area contributed by atoms with Crippen LogP contribution < -0.4 is 15.2 Å². The third kappa shape index (κ3) is 5.81. The van der Waals surface area contributed by atoms with Crippen LogP contribution in [-0.2, 0) is 16.6 Å². The minimum absolute atomic E-state index is 0.000714. The van der Waals surface area contributed by atoms with Gasteiger partial charge in [0.25, 0.3) is 0 Å². The largest absolute Gasteiger partial charge is 0.497 e. The second kappa shape index (κ2) is 7.08. The molecule has 0 amide bonds. The van der Waals surface area contributed by atoms with E-state index >= 15 is 0 Å². The minimum Gasteiger partial charge on any atom is -0.497 e. The van der Waals surface area contributed by atoms with E-state index < -0.39 is 10.0 Å². The lowest BCUT2D eigenvalue weighted by Crippen LogP contribution is -2.22. The zero-order valence-corrected chi connectivity index (χ0v) is 12.6. The van der Waals surface area contributed by atoms with Gasteiger partial charge in [0, 0.05) is 11.0 Å². The third-order valence-electron chi connectivity index (χ3n) is 2.35. The van der Waals surface area contributed by atoms with Gasteiger partial charge in [0.05, 0.1) is 12.9 Å². The highest BCUT2D eigenvalue weighted by molar-refractivity contribution is 9.10. The predicted molar refractivity (Wildman–Crippen MR) is 75.0 cm³/mol. The normalized spacial score (nSPS) is 11.5. The molecule has 0 aliphatic carbocycles. The van der Waals surface area contributed by atoms with Crippen LogP contribution in [0.3, 0.4) is 0 Å². The van der Waals surface area contributed by atoms with Crippen LogP contribution >= 0.6 is 15.9 Å². The summed E-state index contributed by atoms with van der Waals surface area (Å²) in [4.78, 5) is 0. The van der Waals surface area contributed by atoms with Crippen molar-refractivity contribution in [1.82, 2.24) is 5.32 Å². The van der Waals surface area contributed by atoms with Crippen molar-refractivity contribution in [3.05, 3.63) is 28.2 Å². The molecule has 5 nitrogen and oxygen atoms in total. The third-order valence-corrected chi connectivity index (χ3v) is 3.98. The predicted octanol–water partition coefficient (Wildman–Crippen LogP) is 1.23. The molecule has 0 saturated carbocycles. The summed E-state index contributed by atoms with van der Waals surface area (Å²) in [6.07, 6.45) is 0.500. The summed E-state index contributed by atoms with van der Waals surface area (Å²) >= 11 is 3.45. The number of nitrogens with one attached hydrogen (secondary N) is 1. The highest BCUT2D eigenvalue weighted by Gasteiger charge is 2.03. The number of hydrogen-bond acceptors (Lipinski definition) is 4. The second-order valence-electron chi connectivity index (χ2n) is 3.85. The molecule has 1 rings (SSSR count). The molecule has 102 valence electrons. The van der Waals surface area contributed by atoms with Gasteiger partial charge in [-0.2, -0.15) is 0 Å². The number of nitrogens with two attached hydrogens (primary N) is 1. The van der Waals surface area contributed by atoms with Crippen LogP contribution in [0.4, 0.5) is 0 Å². The topological polar surface area (TPSA) is 81.4 Å². The van der Waals surface area contributed by atoms with Gasteiger partial charge in [0.1, 0.15) is 5.75 Å². The van der Waals surface area contributed by atoms with Crippen molar-refractivity contribution in [2.75, 3.05) is 19.4 Å². The van der Waals surface area contributed by atoms with Crippen LogP contribution in [-0.4, -0.2) is 27.8 Å². The number of primary sulfonamides is 1. The quantitative estimate of drug-likeness (QED) is 0.733. The SMILES string of the molecule is COc1ccc(Br)c(CNCCCS(N)(=O)=O)c1. The van der Waals surface area contributed by atoms with Crippen molar-refractivity contribution < 1.29 is 13.2 Å². The van der Waals surface area contributed by atoms with Crippen molar-refractivity contribution in [3.63, 3.8) is 0 Å². The molecule has 0 bridgehead atoms. The summed E-state index contributed by atoms with van der Waals surface area (Å²) in [6.45, 7) is 1.24. The Labute approximate surface area is 116 Å². The molecule has 0 fully saturated rings. The Bertz CT molecular complexity index is 491. The van der Waals surface area contributed by atoms with Crippen molar-refractivity contribution in [2.24, 2.45) is 5.14 Å². The number of benzene rings is 1. The van der Waals surface area contributed by atoms with E-state index in [-0.39, 0.29) is 5.75 Å². The molecule has 7 heteroatoms. The van der Waals surface area contributed by atoms with Crippen LogP contribution in [0.5, 0.6) is 5.75 Å². The van der Waals surface area contributed by atoms with Gasteiger partial charge in [0.15, 0.2) is 0 Å². The van der Waals surface area contributed by atoms with Gasteiger partial charge < -0.3 is 10.1 Å². The summed E-state index contributed by atoms with van der Waals surface area (Å²) < 4.78 is 27.6. The monoisotopic (exact) mass is 336 g/mol. The fourth-order valence-electron chi connectivity index (χ4n) is 1.43. The molecule has 3 N–H and O–H groups in total. The maximum atomic E-state index is 10.7. The highest BCUT2D eigenvalue weighted by Crippen LogP contribution is 2.22. The lowest BCUT2D eigenvalue weighted by molar-refractivity contribution is 0.414. The maximum Gasteiger partial charge on any atom is 0.209 e. The smallest absolute Gasteiger partial charge is 0.209 e. The lowest BCUT2D eigenvalue weighted by Gasteiger charge is -2.08. The molecule has 0 unspecified atom stereocenters. The zero-order valence-electron chi connectivity index (χ0n) is 10.1. The molecule has 0 aromatic heterocycles. The van der Waals surface area contributed by atoms with Gasteiger partial charge in [-0.05, 0) is 36.7 Å². The Hall–Kier alpha value is -0.630. The van der Waals surface area contributed by atoms with E-state index in [1.54, 1.807) is 7.11 Å². The van der Waals surface area contributed by atoms with Gasteiger partial charge in [0.2, 0.25) is 10.0 Å². The number of sulfonamides is 1. The maximum absolute atomic E-state index is 10.7. The Kier molecular flexibility index (Phi) is 6.07. The molecule has 0 radical (unpaired) electrons. The van der Waals surface area contributed by atoms with Crippen LogP contribution in [0.15, 0.2) is 22.7 Å². The van der Waals surface area contributed by atoms with Gasteiger partial charge >= 0.3 is 0 Å². The first-order valence-corrected chi connectivity index (χ1v) is 7.97. The number of methoxy groups -OCH3 is 1. The van der Waals surface area contributed by atoms with Crippen LogP contribution in [0.25, 0.3) is 0 Å². The van der Waals surface area contributed by atoms with Gasteiger partial charge in [-0.3, -0.25) is 0 Å². The standard InChI is InChI=1S/C11H17BrN2O3S/c1-17-10-3-4-11(12)9(7-10)8-14-5-2-6-18(13,15)16/h3-4,7,14H,2,5-6,8H2,1H3,(H2,13,15,16). The molecule has 0 aliphatic heterocycles. The molecule has 1 aromatic carbocycles. The summed E-state index contributed by atoms with van der Waals surface area (Å²) in [6, 6.07) is 5.71. The number of ether oxygens (including phenoxy) is 1. The van der Waals surface area contributed by atoms with Gasteiger partial charge in [-0.1, -0.05) is 15.9 Å². The first kappa shape index (κ1) is 15.4. The molecule has 0 heterocycles. The molecular formula is C11H17BrN2O3S. The summed E-state index contributed by atoms with van der Waals surface area (Å²) in [5, 5.41) is 8.07. The van der Waals surface area contributed by atoms with E-state index in [0.29, 0.717) is 19.5 Å². The number of hydrogen-bond donors (Lipinski definition) is 2. The minimum atomic E-state index is -3.36. The Balaban J connectivity index is 2.39.